The first-order valence-corrected chi connectivity index (χ1v) is 7.90. The second kappa shape index (κ2) is 8.72. The molecule has 0 heterocycles. The van der Waals surface area contributed by atoms with Gasteiger partial charge in [0.15, 0.2) is 0 Å². The highest BCUT2D eigenvalue weighted by Crippen LogP contribution is 2.20. The third-order valence-corrected chi connectivity index (χ3v) is 3.22. The molecule has 0 saturated heterocycles. The lowest BCUT2D eigenvalue weighted by Crippen LogP contribution is -2.33. The monoisotopic (exact) mass is 326 g/mol. The second-order valence-corrected chi connectivity index (χ2v) is 5.84. The molecule has 2 amide bonds. The standard InChI is InChI=1S/C19H22N2O3/c1-14(2)13-24-19(23)20-12-18(22)21-17-10-8-16(9-11-17)15-6-4-3-5-7-15/h3-11,14H,12-13H2,1-2H3,(H,20,23)(H,21,22). The molecule has 0 unspecified atom stereocenters. The Bertz CT molecular complexity index is 667. The van der Waals surface area contributed by atoms with Gasteiger partial charge in [-0.15, -0.1) is 0 Å². The molecule has 0 saturated carbocycles. The van der Waals surface area contributed by atoms with Crippen LogP contribution in [0.2, 0.25) is 0 Å². The number of benzene rings is 2. The smallest absolute Gasteiger partial charge is 0.407 e. The number of hydrogen-bond acceptors (Lipinski definition) is 3. The van der Waals surface area contributed by atoms with Crippen LogP contribution in [0, 0.1) is 5.92 Å². The minimum atomic E-state index is -0.585. The molecule has 0 aliphatic carbocycles. The van der Waals surface area contributed by atoms with E-state index in [2.05, 4.69) is 10.6 Å². The molecule has 2 N–H and O–H groups in total. The van der Waals surface area contributed by atoms with Crippen LogP contribution in [0.5, 0.6) is 0 Å². The Labute approximate surface area is 142 Å². The van der Waals surface area contributed by atoms with Crippen molar-refractivity contribution in [2.75, 3.05) is 18.5 Å². The van der Waals surface area contributed by atoms with Gasteiger partial charge in [-0.05, 0) is 29.2 Å². The van der Waals surface area contributed by atoms with E-state index in [0.717, 1.165) is 11.1 Å². The van der Waals surface area contributed by atoms with Crippen LogP contribution < -0.4 is 10.6 Å². The average molecular weight is 326 g/mol. The minimum absolute atomic E-state index is 0.128. The van der Waals surface area contributed by atoms with Crippen molar-refractivity contribution in [3.05, 3.63) is 54.6 Å². The van der Waals surface area contributed by atoms with Gasteiger partial charge in [0.1, 0.15) is 6.54 Å². The summed E-state index contributed by atoms with van der Waals surface area (Å²) in [4.78, 5) is 23.2. The summed E-state index contributed by atoms with van der Waals surface area (Å²) in [7, 11) is 0. The van der Waals surface area contributed by atoms with Crippen molar-refractivity contribution in [3.8, 4) is 11.1 Å². The van der Waals surface area contributed by atoms with E-state index in [1.807, 2.05) is 68.4 Å². The van der Waals surface area contributed by atoms with E-state index < -0.39 is 6.09 Å². The topological polar surface area (TPSA) is 67.4 Å². The van der Waals surface area contributed by atoms with Gasteiger partial charge in [-0.1, -0.05) is 56.3 Å². The first kappa shape index (κ1) is 17.5. The zero-order chi connectivity index (χ0) is 17.4. The van der Waals surface area contributed by atoms with Gasteiger partial charge < -0.3 is 15.4 Å². The molecule has 0 fully saturated rings. The Kier molecular flexibility index (Phi) is 6.37. The number of amides is 2. The van der Waals surface area contributed by atoms with Gasteiger partial charge in [-0.25, -0.2) is 4.79 Å². The Morgan fingerprint density at radius 1 is 0.958 bits per heavy atom. The molecule has 2 aromatic carbocycles. The first-order valence-electron chi connectivity index (χ1n) is 7.90. The lowest BCUT2D eigenvalue weighted by Gasteiger charge is -2.09. The van der Waals surface area contributed by atoms with Gasteiger partial charge in [0.2, 0.25) is 5.91 Å². The number of rotatable bonds is 6. The largest absolute Gasteiger partial charge is 0.449 e. The van der Waals surface area contributed by atoms with Gasteiger partial charge in [-0.3, -0.25) is 4.79 Å². The molecular weight excluding hydrogens is 304 g/mol. The molecule has 0 aliphatic heterocycles. The minimum Gasteiger partial charge on any atom is -0.449 e. The fourth-order valence-corrected chi connectivity index (χ4v) is 2.03. The van der Waals surface area contributed by atoms with E-state index in [0.29, 0.717) is 12.3 Å². The second-order valence-electron chi connectivity index (χ2n) is 5.84. The summed E-state index contributed by atoms with van der Waals surface area (Å²) in [6.45, 7) is 4.09. The van der Waals surface area contributed by atoms with Crippen LogP contribution >= 0.6 is 0 Å². The summed E-state index contributed by atoms with van der Waals surface area (Å²) >= 11 is 0. The van der Waals surface area contributed by atoms with Gasteiger partial charge in [0, 0.05) is 5.69 Å². The van der Waals surface area contributed by atoms with Crippen LogP contribution in [-0.2, 0) is 9.53 Å². The maximum Gasteiger partial charge on any atom is 0.407 e. The Balaban J connectivity index is 1.81. The van der Waals surface area contributed by atoms with Crippen molar-refractivity contribution in [2.24, 2.45) is 5.92 Å². The van der Waals surface area contributed by atoms with Crippen LogP contribution in [0.15, 0.2) is 54.6 Å². The van der Waals surface area contributed by atoms with E-state index in [1.54, 1.807) is 0 Å². The SMILES string of the molecule is CC(C)COC(=O)NCC(=O)Nc1ccc(-c2ccccc2)cc1. The van der Waals surface area contributed by atoms with Crippen molar-refractivity contribution in [2.45, 2.75) is 13.8 Å². The van der Waals surface area contributed by atoms with E-state index in [9.17, 15) is 9.59 Å². The maximum atomic E-state index is 11.8. The quantitative estimate of drug-likeness (QED) is 0.851. The summed E-state index contributed by atoms with van der Waals surface area (Å²) in [5.41, 5.74) is 2.87. The van der Waals surface area contributed by atoms with E-state index in [4.69, 9.17) is 4.74 Å². The summed E-state index contributed by atoms with van der Waals surface area (Å²) in [6.07, 6.45) is -0.585. The van der Waals surface area contributed by atoms with Crippen LogP contribution in [0.25, 0.3) is 11.1 Å². The van der Waals surface area contributed by atoms with Gasteiger partial charge in [0.05, 0.1) is 6.61 Å². The van der Waals surface area contributed by atoms with Crippen LogP contribution in [0.3, 0.4) is 0 Å². The molecular formula is C19H22N2O3. The lowest BCUT2D eigenvalue weighted by molar-refractivity contribution is -0.115. The van der Waals surface area contributed by atoms with E-state index >= 15 is 0 Å². The molecule has 24 heavy (non-hydrogen) atoms. The molecule has 0 spiro atoms. The van der Waals surface area contributed by atoms with Crippen LogP contribution in [0.1, 0.15) is 13.8 Å². The fourth-order valence-electron chi connectivity index (χ4n) is 2.03. The van der Waals surface area contributed by atoms with Gasteiger partial charge in [0.25, 0.3) is 0 Å². The molecule has 0 bridgehead atoms. The highest BCUT2D eigenvalue weighted by Gasteiger charge is 2.07. The molecule has 126 valence electrons. The molecule has 0 radical (unpaired) electrons. The van der Waals surface area contributed by atoms with E-state index in [1.165, 1.54) is 0 Å². The summed E-state index contributed by atoms with van der Waals surface area (Å²) < 4.78 is 4.94. The van der Waals surface area contributed by atoms with E-state index in [-0.39, 0.29) is 18.4 Å². The normalized spacial score (nSPS) is 10.3. The number of carbonyl (C=O) groups is 2. The third kappa shape index (κ3) is 5.76. The number of hydrogen-bond donors (Lipinski definition) is 2. The number of alkyl carbamates (subject to hydrolysis) is 1. The predicted octanol–water partition coefficient (Wildman–Crippen LogP) is 3.67. The number of nitrogens with one attached hydrogen (secondary N) is 2. The molecule has 2 rings (SSSR count). The zero-order valence-electron chi connectivity index (χ0n) is 13.9. The number of carbonyl (C=O) groups excluding carboxylic acids is 2. The highest BCUT2D eigenvalue weighted by molar-refractivity contribution is 5.94. The average Bonchev–Trinajstić information content (AvgIpc) is 2.59. The van der Waals surface area contributed by atoms with Crippen molar-refractivity contribution < 1.29 is 14.3 Å². The molecule has 0 aromatic heterocycles. The molecule has 0 atom stereocenters. The molecule has 2 aromatic rings. The third-order valence-electron chi connectivity index (χ3n) is 3.22. The molecule has 0 aliphatic rings. The summed E-state index contributed by atoms with van der Waals surface area (Å²) in [6, 6.07) is 17.5. The predicted molar refractivity (Wildman–Crippen MR) is 94.7 cm³/mol. The highest BCUT2D eigenvalue weighted by atomic mass is 16.5. The summed E-state index contributed by atoms with van der Waals surface area (Å²) in [5.74, 6) is -0.0448. The van der Waals surface area contributed by atoms with Gasteiger partial charge in [-0.2, -0.15) is 0 Å². The molecule has 5 nitrogen and oxygen atoms in total. The van der Waals surface area contributed by atoms with Crippen LogP contribution in [0.4, 0.5) is 10.5 Å². The van der Waals surface area contributed by atoms with Crippen molar-refractivity contribution in [3.63, 3.8) is 0 Å². The zero-order valence-corrected chi connectivity index (χ0v) is 13.9. The van der Waals surface area contributed by atoms with Crippen molar-refractivity contribution >= 4 is 17.7 Å². The Hall–Kier alpha value is -2.82. The van der Waals surface area contributed by atoms with Crippen molar-refractivity contribution in [1.29, 1.82) is 0 Å². The molecule has 5 heteroatoms. The first-order chi connectivity index (χ1) is 11.5. The van der Waals surface area contributed by atoms with Gasteiger partial charge >= 0.3 is 6.09 Å². The summed E-state index contributed by atoms with van der Waals surface area (Å²) in [5, 5.41) is 5.15. The van der Waals surface area contributed by atoms with Crippen LogP contribution in [-0.4, -0.2) is 25.2 Å². The Morgan fingerprint density at radius 2 is 1.58 bits per heavy atom. The maximum absolute atomic E-state index is 11.8. The number of anilines is 1. The Morgan fingerprint density at radius 3 is 2.21 bits per heavy atom. The van der Waals surface area contributed by atoms with Crippen molar-refractivity contribution in [1.82, 2.24) is 5.32 Å². The lowest BCUT2D eigenvalue weighted by atomic mass is 10.1. The number of ether oxygens (including phenoxy) is 1. The fraction of sp³-hybridized carbons (Fsp3) is 0.263.